The van der Waals surface area contributed by atoms with Crippen LogP contribution in [-0.2, 0) is 11.4 Å². The zero-order chi connectivity index (χ0) is 18.1. The highest BCUT2D eigenvalue weighted by Gasteiger charge is 2.07. The number of hydrogen-bond donors (Lipinski definition) is 2. The number of nitrogens with one attached hydrogen (secondary N) is 1. The molecule has 0 atom stereocenters. The van der Waals surface area contributed by atoms with Gasteiger partial charge in [-0.1, -0.05) is 11.6 Å². The summed E-state index contributed by atoms with van der Waals surface area (Å²) in [4.78, 5) is 13.2. The summed E-state index contributed by atoms with van der Waals surface area (Å²) in [7, 11) is 0. The van der Waals surface area contributed by atoms with Crippen molar-refractivity contribution in [3.8, 4) is 5.75 Å². The summed E-state index contributed by atoms with van der Waals surface area (Å²) in [6.07, 6.45) is 1.23. The molecule has 0 radical (unpaired) electrons. The van der Waals surface area contributed by atoms with Crippen LogP contribution in [0.2, 0.25) is 5.02 Å². The minimum absolute atomic E-state index is 0.0373. The Morgan fingerprint density at radius 1 is 1.24 bits per heavy atom. The molecule has 0 spiro atoms. The number of thioether (sulfide) groups is 1. The van der Waals surface area contributed by atoms with Gasteiger partial charge < -0.3 is 15.2 Å². The second kappa shape index (κ2) is 10.3. The Balaban J connectivity index is 1.77. The number of ether oxygens (including phenoxy) is 1. The van der Waals surface area contributed by atoms with Crippen LogP contribution in [0.4, 0.5) is 5.69 Å². The quantitative estimate of drug-likeness (QED) is 0.488. The lowest BCUT2D eigenvalue weighted by molar-refractivity contribution is -0.116. The summed E-state index contributed by atoms with van der Waals surface area (Å²) in [5.41, 5.74) is 1.33. The Morgan fingerprint density at radius 2 is 2.00 bits per heavy atom. The third kappa shape index (κ3) is 6.61. The van der Waals surface area contributed by atoms with Crippen molar-refractivity contribution in [1.29, 1.82) is 0 Å². The van der Waals surface area contributed by atoms with Crippen LogP contribution in [0.1, 0.15) is 25.3 Å². The fourth-order valence-electron chi connectivity index (χ4n) is 2.25. The topological polar surface area (TPSA) is 58.6 Å². The first-order valence-corrected chi connectivity index (χ1v) is 9.53. The van der Waals surface area contributed by atoms with E-state index < -0.39 is 0 Å². The van der Waals surface area contributed by atoms with E-state index >= 15 is 0 Å². The van der Waals surface area contributed by atoms with Gasteiger partial charge in [0.25, 0.3) is 0 Å². The van der Waals surface area contributed by atoms with E-state index in [2.05, 4.69) is 5.32 Å². The van der Waals surface area contributed by atoms with Gasteiger partial charge in [0, 0.05) is 27.6 Å². The summed E-state index contributed by atoms with van der Waals surface area (Å²) >= 11 is 7.56. The second-order valence-electron chi connectivity index (χ2n) is 5.37. The first-order chi connectivity index (χ1) is 12.1. The first-order valence-electron chi connectivity index (χ1n) is 8.17. The van der Waals surface area contributed by atoms with E-state index in [1.807, 2.05) is 31.2 Å². The van der Waals surface area contributed by atoms with E-state index in [4.69, 9.17) is 16.3 Å². The zero-order valence-electron chi connectivity index (χ0n) is 14.1. The molecule has 6 heteroatoms. The lowest BCUT2D eigenvalue weighted by Crippen LogP contribution is -2.12. The number of benzene rings is 2. The Labute approximate surface area is 157 Å². The average molecular weight is 380 g/mol. The maximum atomic E-state index is 12.0. The predicted molar refractivity (Wildman–Crippen MR) is 104 cm³/mol. The van der Waals surface area contributed by atoms with Gasteiger partial charge in [0.05, 0.1) is 13.2 Å². The molecule has 2 aromatic carbocycles. The normalized spacial score (nSPS) is 10.5. The fourth-order valence-corrected chi connectivity index (χ4v) is 3.23. The molecule has 0 heterocycles. The molecular formula is C19H22ClNO3S. The fraction of sp³-hybridized carbons (Fsp3) is 0.316. The number of hydrogen-bond acceptors (Lipinski definition) is 4. The summed E-state index contributed by atoms with van der Waals surface area (Å²) in [6, 6.07) is 13.0. The van der Waals surface area contributed by atoms with Gasteiger partial charge in [-0.15, -0.1) is 11.8 Å². The Kier molecular flexibility index (Phi) is 8.12. The summed E-state index contributed by atoms with van der Waals surface area (Å²) in [5.74, 6) is 1.47. The van der Waals surface area contributed by atoms with Crippen molar-refractivity contribution in [2.24, 2.45) is 0 Å². The highest BCUT2D eigenvalue weighted by molar-refractivity contribution is 7.99. The minimum atomic E-state index is -0.128. The molecule has 2 N–H and O–H groups in total. The number of aliphatic hydroxyl groups is 1. The second-order valence-corrected chi connectivity index (χ2v) is 6.97. The van der Waals surface area contributed by atoms with Gasteiger partial charge in [-0.25, -0.2) is 0 Å². The van der Waals surface area contributed by atoms with E-state index in [-0.39, 0.29) is 12.5 Å². The Bertz CT molecular complexity index is 692. The molecule has 2 rings (SSSR count). The number of anilines is 1. The average Bonchev–Trinajstić information content (AvgIpc) is 2.61. The number of halogens is 1. The molecule has 0 aliphatic heterocycles. The van der Waals surface area contributed by atoms with Crippen LogP contribution in [0, 0.1) is 0 Å². The van der Waals surface area contributed by atoms with Gasteiger partial charge in [0.2, 0.25) is 5.91 Å². The van der Waals surface area contributed by atoms with Crippen LogP contribution >= 0.6 is 23.4 Å². The van der Waals surface area contributed by atoms with Gasteiger partial charge in [0.1, 0.15) is 5.75 Å². The van der Waals surface area contributed by atoms with Crippen LogP contribution < -0.4 is 10.1 Å². The third-order valence-corrected chi connectivity index (χ3v) is 4.80. The lowest BCUT2D eigenvalue weighted by atomic mass is 10.2. The molecule has 4 nitrogen and oxygen atoms in total. The van der Waals surface area contributed by atoms with Crippen molar-refractivity contribution < 1.29 is 14.6 Å². The third-order valence-electron chi connectivity index (χ3n) is 3.44. The molecule has 0 saturated carbocycles. The monoisotopic (exact) mass is 379 g/mol. The van der Waals surface area contributed by atoms with Crippen LogP contribution in [0.3, 0.4) is 0 Å². The van der Waals surface area contributed by atoms with E-state index in [1.165, 1.54) is 0 Å². The Hall–Kier alpha value is -1.69. The standard InChI is InChI=1S/C19H22ClNO3S/c1-2-24-18-10-7-16(12-14(18)13-22)21-19(23)4-3-11-25-17-8-5-15(20)6-9-17/h5-10,12,22H,2-4,11,13H2,1H3,(H,21,23). The summed E-state index contributed by atoms with van der Waals surface area (Å²) in [5, 5.41) is 13.0. The molecular weight excluding hydrogens is 358 g/mol. The molecule has 1 amide bonds. The van der Waals surface area contributed by atoms with Crippen molar-refractivity contribution >= 4 is 35.0 Å². The van der Waals surface area contributed by atoms with E-state index in [0.29, 0.717) is 30.0 Å². The van der Waals surface area contributed by atoms with Gasteiger partial charge in [-0.3, -0.25) is 4.79 Å². The highest BCUT2D eigenvalue weighted by atomic mass is 35.5. The summed E-state index contributed by atoms with van der Waals surface area (Å²) in [6.45, 7) is 2.29. The molecule has 0 aliphatic rings. The predicted octanol–water partition coefficient (Wildman–Crippen LogP) is 4.74. The van der Waals surface area contributed by atoms with Gasteiger partial charge in [-0.05, 0) is 61.6 Å². The number of aliphatic hydroxyl groups excluding tert-OH is 1. The molecule has 134 valence electrons. The molecule has 0 bridgehead atoms. The van der Waals surface area contributed by atoms with Crippen molar-refractivity contribution in [2.75, 3.05) is 17.7 Å². The number of carbonyl (C=O) groups is 1. The highest BCUT2D eigenvalue weighted by Crippen LogP contribution is 2.24. The first kappa shape index (κ1) is 19.6. The number of carbonyl (C=O) groups excluding carboxylic acids is 1. The van der Waals surface area contributed by atoms with E-state index in [1.54, 1.807) is 30.0 Å². The summed E-state index contributed by atoms with van der Waals surface area (Å²) < 4.78 is 5.43. The van der Waals surface area contributed by atoms with Crippen molar-refractivity contribution in [3.63, 3.8) is 0 Å². The smallest absolute Gasteiger partial charge is 0.224 e. The largest absolute Gasteiger partial charge is 0.494 e. The van der Waals surface area contributed by atoms with E-state index in [9.17, 15) is 9.90 Å². The molecule has 0 aliphatic carbocycles. The lowest BCUT2D eigenvalue weighted by Gasteiger charge is -2.11. The number of amides is 1. The molecule has 0 aromatic heterocycles. The van der Waals surface area contributed by atoms with Crippen molar-refractivity contribution in [1.82, 2.24) is 0 Å². The molecule has 2 aromatic rings. The van der Waals surface area contributed by atoms with Crippen LogP contribution in [0.5, 0.6) is 5.75 Å². The maximum Gasteiger partial charge on any atom is 0.224 e. The number of rotatable bonds is 9. The maximum absolute atomic E-state index is 12.0. The zero-order valence-corrected chi connectivity index (χ0v) is 15.7. The molecule has 0 fully saturated rings. The van der Waals surface area contributed by atoms with Crippen LogP contribution in [0.15, 0.2) is 47.4 Å². The van der Waals surface area contributed by atoms with Gasteiger partial charge in [-0.2, -0.15) is 0 Å². The molecule has 25 heavy (non-hydrogen) atoms. The van der Waals surface area contributed by atoms with Crippen molar-refractivity contribution in [2.45, 2.75) is 31.3 Å². The van der Waals surface area contributed by atoms with Gasteiger partial charge in [0.15, 0.2) is 0 Å². The SMILES string of the molecule is CCOc1ccc(NC(=O)CCCSc2ccc(Cl)cc2)cc1CO. The van der Waals surface area contributed by atoms with E-state index in [0.717, 1.165) is 22.1 Å². The van der Waals surface area contributed by atoms with Gasteiger partial charge >= 0.3 is 0 Å². The Morgan fingerprint density at radius 3 is 2.68 bits per heavy atom. The minimum Gasteiger partial charge on any atom is -0.494 e. The van der Waals surface area contributed by atoms with Crippen LogP contribution in [0.25, 0.3) is 0 Å². The van der Waals surface area contributed by atoms with Crippen LogP contribution in [-0.4, -0.2) is 23.4 Å². The molecule has 0 saturated heterocycles. The van der Waals surface area contributed by atoms with Crippen molar-refractivity contribution in [3.05, 3.63) is 53.1 Å². The molecule has 0 unspecified atom stereocenters.